The topological polar surface area (TPSA) is 36.4 Å². The zero-order chi connectivity index (χ0) is 29.3. The van der Waals surface area contributed by atoms with Gasteiger partial charge >= 0.3 is 0 Å². The average Bonchev–Trinajstić information content (AvgIpc) is 3.11. The molecule has 0 radical (unpaired) electrons. The maximum atomic E-state index is 5.35. The summed E-state index contributed by atoms with van der Waals surface area (Å²) in [5, 5.41) is 12.6. The minimum Gasteiger partial charge on any atom is -0.350 e. The van der Waals surface area contributed by atoms with Crippen molar-refractivity contribution in [1.82, 2.24) is 10.6 Å². The fourth-order valence-electron chi connectivity index (χ4n) is 6.32. The van der Waals surface area contributed by atoms with E-state index in [4.69, 9.17) is 4.99 Å². The summed E-state index contributed by atoms with van der Waals surface area (Å²) < 4.78 is 0. The lowest BCUT2D eigenvalue weighted by atomic mass is 9.92. The van der Waals surface area contributed by atoms with Crippen LogP contribution in [0.5, 0.6) is 0 Å². The molecule has 0 amide bonds. The van der Waals surface area contributed by atoms with Crippen LogP contribution in [0.25, 0.3) is 43.8 Å². The van der Waals surface area contributed by atoms with Crippen LogP contribution in [-0.2, 0) is 0 Å². The molecule has 3 heteroatoms. The lowest BCUT2D eigenvalue weighted by Crippen LogP contribution is -2.45. The summed E-state index contributed by atoms with van der Waals surface area (Å²) in [4.78, 5) is 5.35. The van der Waals surface area contributed by atoms with E-state index < -0.39 is 0 Å². The highest BCUT2D eigenvalue weighted by molar-refractivity contribution is 6.09. The fourth-order valence-corrected chi connectivity index (χ4v) is 6.32. The molecule has 7 aromatic rings. The molecule has 2 unspecified atom stereocenters. The van der Waals surface area contributed by atoms with Gasteiger partial charge in [0.1, 0.15) is 18.2 Å². The van der Waals surface area contributed by atoms with Crippen molar-refractivity contribution in [3.05, 3.63) is 180 Å². The molecular formula is C41H31N3. The molecule has 2 atom stereocenters. The van der Waals surface area contributed by atoms with Gasteiger partial charge in [-0.1, -0.05) is 140 Å². The number of nitrogens with zero attached hydrogens (tertiary/aromatic N) is 1. The maximum absolute atomic E-state index is 5.35. The van der Waals surface area contributed by atoms with Crippen molar-refractivity contribution < 1.29 is 0 Å². The molecule has 0 saturated heterocycles. The first-order chi connectivity index (χ1) is 21.8. The van der Waals surface area contributed by atoms with Crippen molar-refractivity contribution >= 4 is 27.4 Å². The second-order valence-corrected chi connectivity index (χ2v) is 11.3. The van der Waals surface area contributed by atoms with Gasteiger partial charge in [0.25, 0.3) is 0 Å². The average molecular weight is 566 g/mol. The van der Waals surface area contributed by atoms with Crippen molar-refractivity contribution in [1.29, 1.82) is 0 Å². The predicted molar refractivity (Wildman–Crippen MR) is 184 cm³/mol. The van der Waals surface area contributed by atoms with Crippen LogP contribution in [0.1, 0.15) is 29.0 Å². The van der Waals surface area contributed by atoms with Crippen molar-refractivity contribution in [2.75, 3.05) is 0 Å². The van der Waals surface area contributed by atoms with Crippen molar-refractivity contribution in [2.24, 2.45) is 4.99 Å². The molecule has 3 nitrogen and oxygen atoms in total. The van der Waals surface area contributed by atoms with E-state index in [-0.39, 0.29) is 12.3 Å². The Labute approximate surface area is 257 Å². The zero-order valence-electron chi connectivity index (χ0n) is 24.2. The molecule has 1 heterocycles. The van der Waals surface area contributed by atoms with Gasteiger partial charge in [-0.2, -0.15) is 0 Å². The molecular weight excluding hydrogens is 534 g/mol. The first kappa shape index (κ1) is 26.1. The van der Waals surface area contributed by atoms with Crippen LogP contribution in [0.2, 0.25) is 0 Å². The second-order valence-electron chi connectivity index (χ2n) is 11.3. The van der Waals surface area contributed by atoms with E-state index in [1.54, 1.807) is 0 Å². The molecule has 0 aromatic heterocycles. The number of aliphatic imine (C=N–C) groups is 1. The smallest absolute Gasteiger partial charge is 0.132 e. The third-order valence-corrected chi connectivity index (χ3v) is 8.52. The number of hydrogen-bond acceptors (Lipinski definition) is 3. The summed E-state index contributed by atoms with van der Waals surface area (Å²) in [7, 11) is 0. The number of benzene rings is 7. The molecule has 0 bridgehead atoms. The van der Waals surface area contributed by atoms with Crippen molar-refractivity contribution in [2.45, 2.75) is 12.3 Å². The lowest BCUT2D eigenvalue weighted by Gasteiger charge is -2.34. The highest BCUT2D eigenvalue weighted by Gasteiger charge is 2.29. The Hall–Kier alpha value is -5.51. The Morgan fingerprint density at radius 2 is 0.886 bits per heavy atom. The molecule has 0 spiro atoms. The molecule has 44 heavy (non-hydrogen) atoms. The minimum atomic E-state index is -0.234. The Balaban J connectivity index is 1.34. The number of rotatable bonds is 5. The fraction of sp³-hybridized carbons (Fsp3) is 0.0488. The van der Waals surface area contributed by atoms with Crippen molar-refractivity contribution in [3.63, 3.8) is 0 Å². The van der Waals surface area contributed by atoms with Crippen LogP contribution in [0.3, 0.4) is 0 Å². The van der Waals surface area contributed by atoms with Crippen LogP contribution in [0.4, 0.5) is 0 Å². The first-order valence-corrected chi connectivity index (χ1v) is 15.1. The Bertz CT molecular complexity index is 2120. The van der Waals surface area contributed by atoms with Gasteiger partial charge in [0.15, 0.2) is 0 Å². The van der Waals surface area contributed by atoms with Crippen molar-refractivity contribution in [3.8, 4) is 22.3 Å². The molecule has 8 rings (SSSR count). The summed E-state index contributed by atoms with van der Waals surface area (Å²) in [6.07, 6.45) is -0.426. The van der Waals surface area contributed by atoms with Gasteiger partial charge in [0.2, 0.25) is 0 Å². The van der Waals surface area contributed by atoms with E-state index in [2.05, 4.69) is 174 Å². The molecule has 1 aliphatic rings. The third kappa shape index (κ3) is 4.94. The quantitative estimate of drug-likeness (QED) is 0.218. The number of hydrogen-bond donors (Lipinski definition) is 2. The molecule has 0 aliphatic carbocycles. The van der Waals surface area contributed by atoms with Crippen LogP contribution < -0.4 is 10.6 Å². The van der Waals surface area contributed by atoms with Gasteiger partial charge in [-0.15, -0.1) is 0 Å². The zero-order valence-corrected chi connectivity index (χ0v) is 24.2. The number of amidine groups is 1. The van der Waals surface area contributed by atoms with E-state index in [9.17, 15) is 0 Å². The molecule has 210 valence electrons. The van der Waals surface area contributed by atoms with Gasteiger partial charge in [-0.05, 0) is 79.2 Å². The predicted octanol–water partition coefficient (Wildman–Crippen LogP) is 9.66. The first-order valence-electron chi connectivity index (χ1n) is 15.1. The molecule has 1 aliphatic heterocycles. The van der Waals surface area contributed by atoms with Crippen LogP contribution in [0, 0.1) is 0 Å². The minimum absolute atomic E-state index is 0.192. The standard InChI is InChI=1S/C41H31N3/c1-4-14-28(15-5-1)35-24-31-20-10-12-22-33(31)26-37(35)40-42-39(30-18-8-3-9-19-30)43-41(44-40)38-27-34-23-13-11-21-32(34)25-36(38)29-16-6-2-7-17-29/h1-27,39-40,42H,(H,43,44). The monoisotopic (exact) mass is 565 g/mol. The van der Waals surface area contributed by atoms with E-state index in [1.165, 1.54) is 43.8 Å². The maximum Gasteiger partial charge on any atom is 0.132 e. The van der Waals surface area contributed by atoms with Crippen LogP contribution in [0.15, 0.2) is 169 Å². The van der Waals surface area contributed by atoms with Gasteiger partial charge in [0, 0.05) is 5.56 Å². The third-order valence-electron chi connectivity index (χ3n) is 8.52. The largest absolute Gasteiger partial charge is 0.350 e. The molecule has 2 N–H and O–H groups in total. The summed E-state index contributed by atoms with van der Waals surface area (Å²) in [5.74, 6) is 0.874. The van der Waals surface area contributed by atoms with Gasteiger partial charge in [-0.3, -0.25) is 5.32 Å². The van der Waals surface area contributed by atoms with Gasteiger partial charge < -0.3 is 5.32 Å². The van der Waals surface area contributed by atoms with Crippen LogP contribution in [-0.4, -0.2) is 5.84 Å². The highest BCUT2D eigenvalue weighted by Crippen LogP contribution is 2.36. The van der Waals surface area contributed by atoms with Gasteiger partial charge in [0.05, 0.1) is 0 Å². The Kier molecular flexibility index (Phi) is 6.71. The molecule has 0 fully saturated rings. The van der Waals surface area contributed by atoms with E-state index in [0.717, 1.165) is 22.5 Å². The van der Waals surface area contributed by atoms with E-state index in [0.29, 0.717) is 0 Å². The summed E-state index contributed by atoms with van der Waals surface area (Å²) in [6.45, 7) is 0. The summed E-state index contributed by atoms with van der Waals surface area (Å²) >= 11 is 0. The normalized spacial score (nSPS) is 16.4. The SMILES string of the molecule is c1ccc(-c2cc3ccccc3cc2C2=NC(c3ccccc3)NC(c3cc4ccccc4cc3-c3ccccc3)N2)cc1. The molecule has 7 aromatic carbocycles. The second kappa shape index (κ2) is 11.3. The Morgan fingerprint density at radius 1 is 0.432 bits per heavy atom. The number of nitrogens with one attached hydrogen (secondary N) is 2. The Morgan fingerprint density at radius 3 is 1.48 bits per heavy atom. The van der Waals surface area contributed by atoms with E-state index >= 15 is 0 Å². The summed E-state index contributed by atoms with van der Waals surface area (Å²) in [6, 6.07) is 58.2. The van der Waals surface area contributed by atoms with E-state index in [1.807, 2.05) is 0 Å². The highest BCUT2D eigenvalue weighted by atomic mass is 15.3. The summed E-state index contributed by atoms with van der Waals surface area (Å²) in [5.41, 5.74) is 8.11. The van der Waals surface area contributed by atoms with Gasteiger partial charge in [-0.25, -0.2) is 4.99 Å². The molecule has 0 saturated carbocycles. The lowest BCUT2D eigenvalue weighted by molar-refractivity contribution is 0.410. The van der Waals surface area contributed by atoms with Crippen LogP contribution >= 0.6 is 0 Å². The number of fused-ring (bicyclic) bond motifs is 2.